The third kappa shape index (κ3) is 3.41. The Morgan fingerprint density at radius 2 is 2.20 bits per heavy atom. The van der Waals surface area contributed by atoms with Crippen LogP contribution in [0, 0.1) is 0 Å². The molecule has 7 heteroatoms. The van der Waals surface area contributed by atoms with Gasteiger partial charge in [-0.05, 0) is 45.4 Å². The number of carbonyl (C=O) groups is 1. The normalized spacial score (nSPS) is 12.7. The fourth-order valence-electron chi connectivity index (χ4n) is 2.70. The van der Waals surface area contributed by atoms with Gasteiger partial charge >= 0.3 is 0 Å². The lowest BCUT2D eigenvalue weighted by molar-refractivity contribution is 0.0936. The molecule has 3 heterocycles. The average molecular weight is 342 g/mol. The van der Waals surface area contributed by atoms with E-state index in [1.165, 1.54) is 0 Å². The van der Waals surface area contributed by atoms with Crippen LogP contribution in [0.4, 0.5) is 0 Å². The largest absolute Gasteiger partial charge is 0.463 e. The first kappa shape index (κ1) is 17.2. The first-order valence-corrected chi connectivity index (χ1v) is 8.35. The summed E-state index contributed by atoms with van der Waals surface area (Å²) in [4.78, 5) is 17.4. The molecule has 132 valence electrons. The summed E-state index contributed by atoms with van der Waals surface area (Å²) in [6.07, 6.45) is 3.74. The molecule has 0 radical (unpaired) electrons. The minimum atomic E-state index is -0.218. The van der Waals surface area contributed by atoms with Crippen molar-refractivity contribution in [1.82, 2.24) is 20.1 Å². The van der Waals surface area contributed by atoms with Gasteiger partial charge in [0.2, 0.25) is 0 Å². The van der Waals surface area contributed by atoms with Gasteiger partial charge in [0, 0.05) is 18.7 Å². The zero-order valence-corrected chi connectivity index (χ0v) is 14.6. The highest BCUT2D eigenvalue weighted by Gasteiger charge is 2.20. The van der Waals surface area contributed by atoms with Gasteiger partial charge in [-0.25, -0.2) is 9.67 Å². The van der Waals surface area contributed by atoms with Gasteiger partial charge in [-0.2, -0.15) is 5.10 Å². The van der Waals surface area contributed by atoms with Crippen LogP contribution >= 0.6 is 0 Å². The molecule has 1 unspecified atom stereocenters. The third-order valence-electron chi connectivity index (χ3n) is 4.01. The second-order valence-corrected chi connectivity index (χ2v) is 6.34. The molecule has 7 nitrogen and oxygen atoms in total. The minimum absolute atomic E-state index is 0.0239. The van der Waals surface area contributed by atoms with Crippen LogP contribution in [0.5, 0.6) is 0 Å². The lowest BCUT2D eigenvalue weighted by Gasteiger charge is -2.14. The lowest BCUT2D eigenvalue weighted by Crippen LogP contribution is -2.33. The molecule has 0 aliphatic carbocycles. The molecular weight excluding hydrogens is 320 g/mol. The number of nitrogens with one attached hydrogen (secondary N) is 1. The summed E-state index contributed by atoms with van der Waals surface area (Å²) < 4.78 is 7.23. The topological polar surface area (TPSA) is 93.2 Å². The van der Waals surface area contributed by atoms with Crippen LogP contribution in [-0.4, -0.2) is 38.4 Å². The van der Waals surface area contributed by atoms with Crippen molar-refractivity contribution in [2.45, 2.75) is 39.3 Å². The van der Waals surface area contributed by atoms with Crippen molar-refractivity contribution in [3.63, 3.8) is 0 Å². The number of furan rings is 1. The van der Waals surface area contributed by atoms with Crippen molar-refractivity contribution in [2.75, 3.05) is 6.61 Å². The molecule has 0 saturated carbocycles. The van der Waals surface area contributed by atoms with Crippen LogP contribution in [0.3, 0.4) is 0 Å². The van der Waals surface area contributed by atoms with E-state index in [0.717, 1.165) is 0 Å². The van der Waals surface area contributed by atoms with Crippen molar-refractivity contribution in [2.24, 2.45) is 0 Å². The van der Waals surface area contributed by atoms with Gasteiger partial charge in [0.05, 0.1) is 23.4 Å². The quantitative estimate of drug-likeness (QED) is 0.718. The maximum Gasteiger partial charge on any atom is 0.252 e. The molecule has 0 bridgehead atoms. The van der Waals surface area contributed by atoms with Crippen LogP contribution in [-0.2, 0) is 0 Å². The van der Waals surface area contributed by atoms with Crippen LogP contribution in [0.15, 0.2) is 35.1 Å². The maximum atomic E-state index is 12.8. The van der Waals surface area contributed by atoms with Crippen LogP contribution in [0.1, 0.15) is 43.6 Å². The Morgan fingerprint density at radius 3 is 2.84 bits per heavy atom. The Kier molecular flexibility index (Phi) is 4.85. The number of amides is 1. The molecule has 3 aromatic heterocycles. The van der Waals surface area contributed by atoms with E-state index in [1.54, 1.807) is 35.3 Å². The van der Waals surface area contributed by atoms with E-state index in [1.807, 2.05) is 20.8 Å². The standard InChI is InChI=1S/C18H22N4O3/c1-11(2)22-17-14(10-19-22)13(18(24)20-12(3)6-7-23)9-15(21-17)16-5-4-8-25-16/h4-5,8-12,23H,6-7H2,1-3H3,(H,20,24). The van der Waals surface area contributed by atoms with E-state index >= 15 is 0 Å². The number of hydrogen-bond acceptors (Lipinski definition) is 5. The zero-order chi connectivity index (χ0) is 18.0. The van der Waals surface area contributed by atoms with E-state index in [-0.39, 0.29) is 24.6 Å². The number of fused-ring (bicyclic) bond motifs is 1. The van der Waals surface area contributed by atoms with E-state index < -0.39 is 0 Å². The molecule has 0 aliphatic rings. The highest BCUT2D eigenvalue weighted by atomic mass is 16.3. The number of carbonyl (C=O) groups excluding carboxylic acids is 1. The molecule has 0 saturated heterocycles. The lowest BCUT2D eigenvalue weighted by atomic mass is 10.1. The number of aliphatic hydroxyl groups excluding tert-OH is 1. The van der Waals surface area contributed by atoms with Crippen molar-refractivity contribution in [1.29, 1.82) is 0 Å². The number of aromatic nitrogens is 3. The van der Waals surface area contributed by atoms with Crippen molar-refractivity contribution < 1.29 is 14.3 Å². The van der Waals surface area contributed by atoms with Gasteiger partial charge < -0.3 is 14.8 Å². The summed E-state index contributed by atoms with van der Waals surface area (Å²) in [5.74, 6) is 0.375. The summed E-state index contributed by atoms with van der Waals surface area (Å²) in [6.45, 7) is 5.90. The number of nitrogens with zero attached hydrogens (tertiary/aromatic N) is 3. The zero-order valence-electron chi connectivity index (χ0n) is 14.6. The third-order valence-corrected chi connectivity index (χ3v) is 4.01. The van der Waals surface area contributed by atoms with E-state index in [0.29, 0.717) is 34.5 Å². The molecule has 0 spiro atoms. The number of rotatable bonds is 6. The first-order valence-electron chi connectivity index (χ1n) is 8.35. The van der Waals surface area contributed by atoms with Crippen LogP contribution in [0.25, 0.3) is 22.5 Å². The molecule has 3 aromatic rings. The Morgan fingerprint density at radius 1 is 1.40 bits per heavy atom. The minimum Gasteiger partial charge on any atom is -0.463 e. The van der Waals surface area contributed by atoms with Gasteiger partial charge in [-0.3, -0.25) is 4.79 Å². The molecule has 25 heavy (non-hydrogen) atoms. The Labute approximate surface area is 145 Å². The fourth-order valence-corrected chi connectivity index (χ4v) is 2.70. The number of pyridine rings is 1. The monoisotopic (exact) mass is 342 g/mol. The van der Waals surface area contributed by atoms with Gasteiger partial charge in [0.25, 0.3) is 5.91 Å². The van der Waals surface area contributed by atoms with Crippen molar-refractivity contribution >= 4 is 16.9 Å². The number of aliphatic hydroxyl groups is 1. The summed E-state index contributed by atoms with van der Waals surface area (Å²) >= 11 is 0. The summed E-state index contributed by atoms with van der Waals surface area (Å²) in [6, 6.07) is 5.28. The van der Waals surface area contributed by atoms with Gasteiger partial charge in [-0.1, -0.05) is 0 Å². The van der Waals surface area contributed by atoms with Crippen molar-refractivity contribution in [3.8, 4) is 11.5 Å². The number of hydrogen-bond donors (Lipinski definition) is 2. The highest BCUT2D eigenvalue weighted by Crippen LogP contribution is 2.26. The smallest absolute Gasteiger partial charge is 0.252 e. The molecule has 3 rings (SSSR count). The average Bonchev–Trinajstić information content (AvgIpc) is 3.23. The van der Waals surface area contributed by atoms with Gasteiger partial charge in [0.15, 0.2) is 11.4 Å². The van der Waals surface area contributed by atoms with E-state index in [2.05, 4.69) is 15.4 Å². The first-order chi connectivity index (χ1) is 12.0. The molecule has 1 atom stereocenters. The SMILES string of the molecule is CC(CCO)NC(=O)c1cc(-c2ccco2)nc2c1cnn2C(C)C. The second kappa shape index (κ2) is 7.06. The molecule has 0 aliphatic heterocycles. The van der Waals surface area contributed by atoms with E-state index in [4.69, 9.17) is 9.52 Å². The van der Waals surface area contributed by atoms with Crippen molar-refractivity contribution in [3.05, 3.63) is 36.2 Å². The van der Waals surface area contributed by atoms with Crippen LogP contribution < -0.4 is 5.32 Å². The Balaban J connectivity index is 2.11. The molecular formula is C18H22N4O3. The predicted molar refractivity (Wildman–Crippen MR) is 94.2 cm³/mol. The maximum absolute atomic E-state index is 12.8. The molecule has 0 fully saturated rings. The second-order valence-electron chi connectivity index (χ2n) is 6.34. The van der Waals surface area contributed by atoms with E-state index in [9.17, 15) is 4.79 Å². The fraction of sp³-hybridized carbons (Fsp3) is 0.389. The van der Waals surface area contributed by atoms with Gasteiger partial charge in [0.1, 0.15) is 5.69 Å². The Hall–Kier alpha value is -2.67. The molecule has 2 N–H and O–H groups in total. The molecule has 1 amide bonds. The highest BCUT2D eigenvalue weighted by molar-refractivity contribution is 6.06. The van der Waals surface area contributed by atoms with Gasteiger partial charge in [-0.15, -0.1) is 0 Å². The van der Waals surface area contributed by atoms with Crippen LogP contribution in [0.2, 0.25) is 0 Å². The summed E-state index contributed by atoms with van der Waals surface area (Å²) in [5.41, 5.74) is 1.72. The predicted octanol–water partition coefficient (Wildman–Crippen LogP) is 2.77. The summed E-state index contributed by atoms with van der Waals surface area (Å²) in [7, 11) is 0. The summed E-state index contributed by atoms with van der Waals surface area (Å²) in [5, 5.41) is 17.0. The Bertz CT molecular complexity index is 868. The molecule has 0 aromatic carbocycles.